The van der Waals surface area contributed by atoms with E-state index in [0.717, 1.165) is 0 Å². The molecule has 0 radical (unpaired) electrons. The molecule has 152 valence electrons. The summed E-state index contributed by atoms with van der Waals surface area (Å²) in [5.74, 6) is -0.144. The predicted molar refractivity (Wildman–Crippen MR) is 104 cm³/mol. The van der Waals surface area contributed by atoms with E-state index in [0.29, 0.717) is 23.2 Å². The Labute approximate surface area is 167 Å². The lowest BCUT2D eigenvalue weighted by molar-refractivity contribution is -0.132. The number of rotatable bonds is 8. The van der Waals surface area contributed by atoms with Crippen LogP contribution < -0.4 is 23.7 Å². The lowest BCUT2D eigenvalue weighted by atomic mass is 10.2. The van der Waals surface area contributed by atoms with Crippen LogP contribution in [-0.2, 0) is 9.59 Å². The second-order valence-electron chi connectivity index (χ2n) is 5.63. The van der Waals surface area contributed by atoms with Gasteiger partial charge < -0.3 is 23.7 Å². The number of carbonyl (C=O) groups excluding carboxylic acids is 3. The fourth-order valence-corrected chi connectivity index (χ4v) is 2.39. The monoisotopic (exact) mass is 400 g/mol. The van der Waals surface area contributed by atoms with Gasteiger partial charge in [0, 0.05) is 18.6 Å². The number of ether oxygens (including phenoxy) is 5. The van der Waals surface area contributed by atoms with Gasteiger partial charge in [0.2, 0.25) is 5.75 Å². The molecule has 0 unspecified atom stereocenters. The maximum Gasteiger partial charge on any atom is 0.336 e. The molecular weight excluding hydrogens is 380 g/mol. The fraction of sp³-hybridized carbons (Fsp3) is 0.190. The topological polar surface area (TPSA) is 97.4 Å². The van der Waals surface area contributed by atoms with E-state index in [9.17, 15) is 14.4 Å². The summed E-state index contributed by atoms with van der Waals surface area (Å²) in [6, 6.07) is 7.66. The molecule has 0 aliphatic heterocycles. The van der Waals surface area contributed by atoms with Crippen LogP contribution in [0.5, 0.6) is 28.7 Å². The maximum atomic E-state index is 12.3. The van der Waals surface area contributed by atoms with Crippen molar-refractivity contribution in [1.82, 2.24) is 0 Å². The minimum atomic E-state index is -0.691. The fourth-order valence-electron chi connectivity index (χ4n) is 2.39. The largest absolute Gasteiger partial charge is 0.493 e. The average molecular weight is 400 g/mol. The molecule has 0 saturated heterocycles. The molecule has 0 aliphatic rings. The van der Waals surface area contributed by atoms with E-state index in [-0.39, 0.29) is 23.0 Å². The van der Waals surface area contributed by atoms with Crippen molar-refractivity contribution >= 4 is 24.3 Å². The van der Waals surface area contributed by atoms with Gasteiger partial charge >= 0.3 is 11.9 Å². The lowest BCUT2D eigenvalue weighted by Gasteiger charge is -2.13. The summed E-state index contributed by atoms with van der Waals surface area (Å²) in [6.07, 6.45) is 3.33. The Kier molecular flexibility index (Phi) is 7.36. The quantitative estimate of drug-likeness (QED) is 0.289. The Bertz CT molecular complexity index is 921. The second-order valence-corrected chi connectivity index (χ2v) is 5.63. The van der Waals surface area contributed by atoms with Gasteiger partial charge in [0.05, 0.1) is 21.3 Å². The van der Waals surface area contributed by atoms with E-state index < -0.39 is 11.9 Å². The first kappa shape index (κ1) is 21.5. The van der Waals surface area contributed by atoms with Gasteiger partial charge in [-0.25, -0.2) is 4.79 Å². The summed E-state index contributed by atoms with van der Waals surface area (Å²) in [4.78, 5) is 34.4. The number of methoxy groups -OCH3 is 3. The Balaban J connectivity index is 2.22. The summed E-state index contributed by atoms with van der Waals surface area (Å²) < 4.78 is 25.9. The molecular formula is C21H20O8. The van der Waals surface area contributed by atoms with Crippen LogP contribution in [0.3, 0.4) is 0 Å². The van der Waals surface area contributed by atoms with Crippen molar-refractivity contribution in [3.63, 3.8) is 0 Å². The van der Waals surface area contributed by atoms with Crippen molar-refractivity contribution in [2.45, 2.75) is 6.92 Å². The van der Waals surface area contributed by atoms with Crippen LogP contribution in [0.15, 0.2) is 36.4 Å². The Hall–Kier alpha value is -3.81. The molecule has 0 amide bonds. The van der Waals surface area contributed by atoms with Crippen LogP contribution in [0.25, 0.3) is 6.08 Å². The van der Waals surface area contributed by atoms with Crippen molar-refractivity contribution in [3.05, 3.63) is 47.5 Å². The molecule has 0 heterocycles. The number of carbonyl (C=O) groups is 3. The molecule has 29 heavy (non-hydrogen) atoms. The standard InChI is InChI=1S/C21H20O8/c1-13(23)28-16-7-5-14(9-17(16)25-2)6-8-20(24)29-21-18(26-3)10-15(12-22)11-19(21)27-4/h5-12H,1-4H3/b8-6+. The van der Waals surface area contributed by atoms with Gasteiger partial charge in [-0.15, -0.1) is 0 Å². The summed E-state index contributed by atoms with van der Waals surface area (Å²) in [5, 5.41) is 0. The average Bonchev–Trinajstić information content (AvgIpc) is 2.72. The van der Waals surface area contributed by atoms with Gasteiger partial charge in [0.15, 0.2) is 23.0 Å². The maximum absolute atomic E-state index is 12.3. The first-order chi connectivity index (χ1) is 13.9. The summed E-state index contributed by atoms with van der Waals surface area (Å²) in [5.41, 5.74) is 0.930. The molecule has 8 nitrogen and oxygen atoms in total. The number of aldehydes is 1. The van der Waals surface area contributed by atoms with Gasteiger partial charge in [-0.1, -0.05) is 6.07 Å². The number of benzene rings is 2. The highest BCUT2D eigenvalue weighted by Crippen LogP contribution is 2.38. The zero-order valence-corrected chi connectivity index (χ0v) is 16.4. The summed E-state index contributed by atoms with van der Waals surface area (Å²) in [6.45, 7) is 1.29. The summed E-state index contributed by atoms with van der Waals surface area (Å²) >= 11 is 0. The molecule has 0 bridgehead atoms. The Morgan fingerprint density at radius 1 is 0.793 bits per heavy atom. The van der Waals surface area contributed by atoms with Crippen LogP contribution in [0.2, 0.25) is 0 Å². The number of hydrogen-bond donors (Lipinski definition) is 0. The van der Waals surface area contributed by atoms with Crippen LogP contribution in [0, 0.1) is 0 Å². The number of hydrogen-bond acceptors (Lipinski definition) is 8. The van der Waals surface area contributed by atoms with Crippen LogP contribution in [-0.4, -0.2) is 39.6 Å². The van der Waals surface area contributed by atoms with Gasteiger partial charge in [-0.3, -0.25) is 9.59 Å². The van der Waals surface area contributed by atoms with E-state index in [1.165, 1.54) is 52.5 Å². The van der Waals surface area contributed by atoms with Crippen molar-refractivity contribution in [1.29, 1.82) is 0 Å². The normalized spacial score (nSPS) is 10.3. The zero-order chi connectivity index (χ0) is 21.4. The van der Waals surface area contributed by atoms with E-state index in [1.807, 2.05) is 0 Å². The molecule has 2 aromatic carbocycles. The van der Waals surface area contributed by atoms with Crippen LogP contribution in [0.4, 0.5) is 0 Å². The number of esters is 2. The van der Waals surface area contributed by atoms with Gasteiger partial charge in [0.1, 0.15) is 6.29 Å². The zero-order valence-electron chi connectivity index (χ0n) is 16.4. The highest BCUT2D eigenvalue weighted by atomic mass is 16.6. The van der Waals surface area contributed by atoms with Gasteiger partial charge in [-0.05, 0) is 35.9 Å². The third kappa shape index (κ3) is 5.58. The van der Waals surface area contributed by atoms with E-state index in [2.05, 4.69) is 0 Å². The lowest BCUT2D eigenvalue weighted by Crippen LogP contribution is -2.07. The minimum Gasteiger partial charge on any atom is -0.493 e. The first-order valence-electron chi connectivity index (χ1n) is 8.39. The smallest absolute Gasteiger partial charge is 0.336 e. The van der Waals surface area contributed by atoms with E-state index >= 15 is 0 Å². The third-order valence-corrected chi connectivity index (χ3v) is 3.67. The first-order valence-corrected chi connectivity index (χ1v) is 8.39. The predicted octanol–water partition coefficient (Wildman–Crippen LogP) is 3.07. The molecule has 0 atom stereocenters. The molecule has 0 aliphatic carbocycles. The van der Waals surface area contributed by atoms with Gasteiger partial charge in [0.25, 0.3) is 0 Å². The molecule has 8 heteroatoms. The third-order valence-electron chi connectivity index (χ3n) is 3.67. The molecule has 0 fully saturated rings. The second kappa shape index (κ2) is 9.93. The molecule has 2 rings (SSSR count). The Morgan fingerprint density at radius 3 is 1.90 bits per heavy atom. The SMILES string of the molecule is COc1cc(/C=C/C(=O)Oc2c(OC)cc(C=O)cc2OC)ccc1OC(C)=O. The molecule has 0 aromatic heterocycles. The van der Waals surface area contributed by atoms with Crippen molar-refractivity contribution in [2.24, 2.45) is 0 Å². The van der Waals surface area contributed by atoms with E-state index in [4.69, 9.17) is 23.7 Å². The van der Waals surface area contributed by atoms with Crippen molar-refractivity contribution < 1.29 is 38.1 Å². The van der Waals surface area contributed by atoms with Gasteiger partial charge in [-0.2, -0.15) is 0 Å². The molecule has 2 aromatic rings. The molecule has 0 spiro atoms. The van der Waals surface area contributed by atoms with Crippen LogP contribution in [0.1, 0.15) is 22.8 Å². The van der Waals surface area contributed by atoms with Crippen molar-refractivity contribution in [3.8, 4) is 28.7 Å². The molecule has 0 N–H and O–H groups in total. The van der Waals surface area contributed by atoms with Crippen LogP contribution >= 0.6 is 0 Å². The summed E-state index contributed by atoms with van der Waals surface area (Å²) in [7, 11) is 4.20. The Morgan fingerprint density at radius 2 is 1.38 bits per heavy atom. The highest BCUT2D eigenvalue weighted by molar-refractivity contribution is 5.90. The minimum absolute atomic E-state index is 0.0537. The van der Waals surface area contributed by atoms with E-state index in [1.54, 1.807) is 18.2 Å². The highest BCUT2D eigenvalue weighted by Gasteiger charge is 2.16. The van der Waals surface area contributed by atoms with Crippen molar-refractivity contribution in [2.75, 3.05) is 21.3 Å². The molecule has 0 saturated carbocycles.